The summed E-state index contributed by atoms with van der Waals surface area (Å²) in [4.78, 5) is 42.6. The van der Waals surface area contributed by atoms with E-state index in [2.05, 4.69) is 34.6 Å². The average Bonchev–Trinajstić information content (AvgIpc) is 3.17. The number of aryl methyl sites for hydroxylation is 2. The number of hydrogen-bond donors (Lipinski definition) is 3. The summed E-state index contributed by atoms with van der Waals surface area (Å²) in [5.41, 5.74) is 0.717. The van der Waals surface area contributed by atoms with Crippen molar-refractivity contribution in [1.82, 2.24) is 19.7 Å². The highest BCUT2D eigenvalue weighted by molar-refractivity contribution is 5.97. The van der Waals surface area contributed by atoms with E-state index in [1.54, 1.807) is 18.8 Å². The second-order valence-electron chi connectivity index (χ2n) is 9.44. The molecule has 1 saturated carbocycles. The fraction of sp³-hybridized carbons (Fsp3) is 0.458. The van der Waals surface area contributed by atoms with Crippen LogP contribution in [0.15, 0.2) is 28.0 Å². The second-order valence-corrected chi connectivity index (χ2v) is 9.44. The second kappa shape index (κ2) is 8.58. The van der Waals surface area contributed by atoms with Crippen LogP contribution < -0.4 is 21.5 Å². The highest BCUT2D eigenvalue weighted by Gasteiger charge is 2.44. The smallest absolute Gasteiger partial charge is 0.275 e. The molecule has 0 aliphatic heterocycles. The zero-order chi connectivity index (χ0) is 24.8. The first kappa shape index (κ1) is 23.5. The molecule has 1 amide bonds. The quantitative estimate of drug-likeness (QED) is 0.432. The van der Waals surface area contributed by atoms with E-state index < -0.39 is 16.8 Å². The van der Waals surface area contributed by atoms with Crippen LogP contribution in [0.4, 0.5) is 17.1 Å². The van der Waals surface area contributed by atoms with E-state index in [0.29, 0.717) is 0 Å². The Morgan fingerprint density at radius 2 is 1.94 bits per heavy atom. The topological polar surface area (TPSA) is 129 Å². The van der Waals surface area contributed by atoms with Gasteiger partial charge < -0.3 is 20.6 Å². The van der Waals surface area contributed by atoms with E-state index in [9.17, 15) is 19.5 Å². The number of anilines is 3. The largest absolute Gasteiger partial charge is 0.504 e. The Balaban J connectivity index is 1.70. The summed E-state index contributed by atoms with van der Waals surface area (Å²) in [7, 11) is 4.96. The van der Waals surface area contributed by atoms with Crippen LogP contribution in [0.3, 0.4) is 0 Å². The fourth-order valence-corrected chi connectivity index (χ4v) is 4.52. The van der Waals surface area contributed by atoms with Gasteiger partial charge in [-0.05, 0) is 36.3 Å². The van der Waals surface area contributed by atoms with Crippen LogP contribution in [0.2, 0.25) is 0 Å². The summed E-state index contributed by atoms with van der Waals surface area (Å²) >= 11 is 0. The maximum Gasteiger partial charge on any atom is 0.275 e. The van der Waals surface area contributed by atoms with Gasteiger partial charge in [-0.15, -0.1) is 0 Å². The van der Waals surface area contributed by atoms with Gasteiger partial charge in [-0.3, -0.25) is 19.1 Å². The highest BCUT2D eigenvalue weighted by Crippen LogP contribution is 2.51. The van der Waals surface area contributed by atoms with Gasteiger partial charge in [0.15, 0.2) is 11.4 Å². The molecule has 3 aromatic rings. The average molecular weight is 467 g/mol. The molecule has 1 fully saturated rings. The minimum absolute atomic E-state index is 0.0525. The van der Waals surface area contributed by atoms with Crippen LogP contribution in [-0.2, 0) is 13.5 Å². The number of carbonyl (C=O) groups is 1. The monoisotopic (exact) mass is 466 g/mol. The van der Waals surface area contributed by atoms with Crippen molar-refractivity contribution in [3.8, 4) is 5.75 Å². The summed E-state index contributed by atoms with van der Waals surface area (Å²) < 4.78 is 1.77. The molecular weight excluding hydrogens is 436 g/mol. The van der Waals surface area contributed by atoms with Crippen molar-refractivity contribution in [3.05, 3.63) is 55.9 Å². The summed E-state index contributed by atoms with van der Waals surface area (Å²) in [5.74, 6) is -0.870. The summed E-state index contributed by atoms with van der Waals surface area (Å²) in [5, 5.41) is 21.5. The zero-order valence-electron chi connectivity index (χ0n) is 20.1. The van der Waals surface area contributed by atoms with E-state index in [1.165, 1.54) is 17.2 Å². The molecule has 1 atom stereocenters. The maximum absolute atomic E-state index is 12.6. The molecule has 1 aromatic carbocycles. The van der Waals surface area contributed by atoms with Gasteiger partial charge in [-0.2, -0.15) is 5.10 Å². The number of nitrogens with one attached hydrogen (secondary N) is 2. The van der Waals surface area contributed by atoms with E-state index >= 15 is 0 Å². The molecule has 2 heterocycles. The molecule has 0 spiro atoms. The van der Waals surface area contributed by atoms with Crippen LogP contribution in [0.25, 0.3) is 0 Å². The molecule has 2 aromatic heterocycles. The molecule has 0 bridgehead atoms. The van der Waals surface area contributed by atoms with Crippen LogP contribution in [0.1, 0.15) is 60.9 Å². The molecule has 1 aliphatic rings. The Morgan fingerprint density at radius 1 is 1.26 bits per heavy atom. The van der Waals surface area contributed by atoms with Gasteiger partial charge in [0.25, 0.3) is 16.8 Å². The Bertz CT molecular complexity index is 1310. The third kappa shape index (κ3) is 3.82. The van der Waals surface area contributed by atoms with Crippen molar-refractivity contribution in [2.75, 3.05) is 24.7 Å². The molecule has 1 aliphatic carbocycles. The van der Waals surface area contributed by atoms with Crippen LogP contribution in [0, 0.1) is 5.41 Å². The lowest BCUT2D eigenvalue weighted by molar-refractivity contribution is 0.0819. The number of pyridine rings is 1. The lowest BCUT2D eigenvalue weighted by atomic mass is 9.64. The molecule has 3 N–H and O–H groups in total. The first-order valence-corrected chi connectivity index (χ1v) is 11.4. The van der Waals surface area contributed by atoms with Crippen molar-refractivity contribution in [1.29, 1.82) is 0 Å². The Hall–Kier alpha value is -3.69. The number of aromatic hydroxyl groups is 1. The molecule has 0 saturated heterocycles. The molecular formula is C24H30N6O4. The van der Waals surface area contributed by atoms with Gasteiger partial charge >= 0.3 is 0 Å². The van der Waals surface area contributed by atoms with Crippen molar-refractivity contribution in [2.24, 2.45) is 12.5 Å². The summed E-state index contributed by atoms with van der Waals surface area (Å²) in [6.45, 7) is 4.22. The van der Waals surface area contributed by atoms with Gasteiger partial charge in [0.1, 0.15) is 11.4 Å². The molecule has 34 heavy (non-hydrogen) atoms. The summed E-state index contributed by atoms with van der Waals surface area (Å²) in [6.07, 6.45) is 7.17. The van der Waals surface area contributed by atoms with Gasteiger partial charge in [-0.1, -0.05) is 20.3 Å². The van der Waals surface area contributed by atoms with E-state index in [4.69, 9.17) is 0 Å². The zero-order valence-corrected chi connectivity index (χ0v) is 20.1. The Kier molecular flexibility index (Phi) is 5.93. The number of rotatable bonds is 8. The van der Waals surface area contributed by atoms with Crippen LogP contribution >= 0.6 is 0 Å². The highest BCUT2D eigenvalue weighted by atomic mass is 16.3. The maximum atomic E-state index is 12.6. The van der Waals surface area contributed by atoms with Crippen LogP contribution in [-0.4, -0.2) is 44.8 Å². The van der Waals surface area contributed by atoms with Crippen molar-refractivity contribution >= 4 is 23.0 Å². The normalized spacial score (nSPS) is 15.6. The predicted molar refractivity (Wildman–Crippen MR) is 129 cm³/mol. The van der Waals surface area contributed by atoms with E-state index in [-0.39, 0.29) is 40.0 Å². The lowest BCUT2D eigenvalue weighted by Gasteiger charge is -2.45. The van der Waals surface area contributed by atoms with Gasteiger partial charge in [0.05, 0.1) is 17.4 Å². The molecule has 0 radical (unpaired) electrons. The molecule has 10 nitrogen and oxygen atoms in total. The number of aromatic nitrogens is 3. The SMILES string of the molecule is CCc1cn(C)nc1C(Nc1c(Nc2ccnc(C(=O)N(C)C)c2O)c(=O)c1=O)C1(C)CCC1. The molecule has 1 unspecified atom stereocenters. The minimum atomic E-state index is -0.687. The van der Waals surface area contributed by atoms with Gasteiger partial charge in [0.2, 0.25) is 0 Å². The first-order chi connectivity index (χ1) is 16.1. The predicted octanol–water partition coefficient (Wildman–Crippen LogP) is 2.47. The van der Waals surface area contributed by atoms with E-state index in [0.717, 1.165) is 36.9 Å². The fourth-order valence-electron chi connectivity index (χ4n) is 4.52. The van der Waals surface area contributed by atoms with Crippen LogP contribution in [0.5, 0.6) is 5.75 Å². The van der Waals surface area contributed by atoms with Gasteiger partial charge in [-0.25, -0.2) is 4.98 Å². The number of amides is 1. The molecule has 4 rings (SSSR count). The number of nitrogens with zero attached hydrogens (tertiary/aromatic N) is 4. The standard InChI is InChI=1S/C24H30N6O4/c1-6-13-12-30(5)28-15(13)22(24(2)9-7-10-24)27-17-16(20(32)21(17)33)26-14-8-11-25-18(19(14)31)23(34)29(3)4/h8,11-12,22,27,31H,6-7,9-10H2,1-5H3,(H,25,26). The first-order valence-electron chi connectivity index (χ1n) is 11.4. The van der Waals surface area contributed by atoms with E-state index in [1.807, 2.05) is 13.2 Å². The third-order valence-corrected chi connectivity index (χ3v) is 6.78. The number of hydrogen-bond acceptors (Lipinski definition) is 8. The third-order valence-electron chi connectivity index (χ3n) is 6.78. The Labute approximate surface area is 197 Å². The summed E-state index contributed by atoms with van der Waals surface area (Å²) in [6, 6.07) is 1.19. The number of carbonyl (C=O) groups excluding carboxylic acids is 1. The minimum Gasteiger partial charge on any atom is -0.504 e. The van der Waals surface area contributed by atoms with Crippen molar-refractivity contribution in [3.63, 3.8) is 0 Å². The van der Waals surface area contributed by atoms with Gasteiger partial charge in [0, 0.05) is 33.5 Å². The lowest BCUT2D eigenvalue weighted by Crippen LogP contribution is -2.43. The Morgan fingerprint density at radius 3 is 2.53 bits per heavy atom. The van der Waals surface area contributed by atoms with Crippen molar-refractivity contribution < 1.29 is 9.90 Å². The van der Waals surface area contributed by atoms with Crippen molar-refractivity contribution in [2.45, 2.75) is 45.6 Å². The molecule has 180 valence electrons. The molecule has 10 heteroatoms.